The van der Waals surface area contributed by atoms with Gasteiger partial charge in [-0.1, -0.05) is 17.7 Å². The highest BCUT2D eigenvalue weighted by Crippen LogP contribution is 2.40. The van der Waals surface area contributed by atoms with Crippen LogP contribution in [0, 0.1) is 6.92 Å². The fourth-order valence-electron chi connectivity index (χ4n) is 2.82. The third kappa shape index (κ3) is 4.30. The van der Waals surface area contributed by atoms with Crippen molar-refractivity contribution in [2.45, 2.75) is 32.5 Å². The molecule has 148 valence electrons. The van der Waals surface area contributed by atoms with Gasteiger partial charge in [-0.2, -0.15) is 13.2 Å². The summed E-state index contributed by atoms with van der Waals surface area (Å²) in [5, 5.41) is 0.342. The molecule has 0 bridgehead atoms. The Balaban J connectivity index is 1.99. The van der Waals surface area contributed by atoms with E-state index in [-0.39, 0.29) is 17.9 Å². The highest BCUT2D eigenvalue weighted by molar-refractivity contribution is 6.31. The van der Waals surface area contributed by atoms with Crippen LogP contribution in [0.2, 0.25) is 5.02 Å². The Morgan fingerprint density at radius 1 is 1.32 bits per heavy atom. The Morgan fingerprint density at radius 3 is 2.68 bits per heavy atom. The van der Waals surface area contributed by atoms with Gasteiger partial charge in [0.2, 0.25) is 6.10 Å². The second kappa shape index (κ2) is 7.83. The van der Waals surface area contributed by atoms with Crippen LogP contribution >= 0.6 is 11.6 Å². The normalized spacial score (nSPS) is 16.1. The van der Waals surface area contributed by atoms with Crippen molar-refractivity contribution in [2.24, 2.45) is 0 Å². The highest BCUT2D eigenvalue weighted by atomic mass is 35.5. The average Bonchev–Trinajstić information content (AvgIpc) is 2.62. The van der Waals surface area contributed by atoms with E-state index in [1.807, 2.05) is 19.1 Å². The van der Waals surface area contributed by atoms with Gasteiger partial charge < -0.3 is 9.47 Å². The lowest BCUT2D eigenvalue weighted by atomic mass is 9.98. The molecule has 1 unspecified atom stereocenters. The monoisotopic (exact) mass is 411 g/mol. The van der Waals surface area contributed by atoms with Crippen molar-refractivity contribution in [3.8, 4) is 5.75 Å². The Bertz CT molecular complexity index is 924. The molecule has 1 aliphatic heterocycles. The van der Waals surface area contributed by atoms with Gasteiger partial charge in [0.15, 0.2) is 0 Å². The van der Waals surface area contributed by atoms with E-state index in [0.717, 1.165) is 17.3 Å². The first-order valence-corrected chi connectivity index (χ1v) is 8.93. The average molecular weight is 412 g/mol. The maximum absolute atomic E-state index is 13.4. The molecule has 0 saturated heterocycles. The first-order chi connectivity index (χ1) is 13.2. The molecule has 1 aromatic heterocycles. The van der Waals surface area contributed by atoms with Crippen LogP contribution in [0.15, 0.2) is 36.0 Å². The molecule has 8 heteroatoms. The summed E-state index contributed by atoms with van der Waals surface area (Å²) in [7, 11) is 0. The first kappa shape index (κ1) is 20.2. The molecule has 1 aromatic carbocycles. The van der Waals surface area contributed by atoms with Crippen molar-refractivity contribution in [1.29, 1.82) is 0 Å². The molecule has 3 rings (SSSR count). The number of alkyl halides is 3. The van der Waals surface area contributed by atoms with Crippen LogP contribution < -0.4 is 4.74 Å². The van der Waals surface area contributed by atoms with Crippen molar-refractivity contribution in [3.05, 3.63) is 63.4 Å². The fourth-order valence-corrected chi connectivity index (χ4v) is 3.06. The van der Waals surface area contributed by atoms with E-state index < -0.39 is 23.8 Å². The quantitative estimate of drug-likeness (QED) is 0.671. The number of carbonyl (C=O) groups is 1. The van der Waals surface area contributed by atoms with Gasteiger partial charge in [0, 0.05) is 28.9 Å². The van der Waals surface area contributed by atoms with E-state index in [1.54, 1.807) is 6.20 Å². The predicted molar refractivity (Wildman–Crippen MR) is 98.3 cm³/mol. The Hall–Kier alpha value is -2.54. The van der Waals surface area contributed by atoms with Crippen LogP contribution in [0.4, 0.5) is 13.2 Å². The zero-order valence-electron chi connectivity index (χ0n) is 15.1. The lowest BCUT2D eigenvalue weighted by Gasteiger charge is -2.28. The number of nitrogens with zero attached hydrogens (tertiary/aromatic N) is 1. The number of aromatic nitrogens is 1. The first-order valence-electron chi connectivity index (χ1n) is 8.55. The van der Waals surface area contributed by atoms with E-state index in [9.17, 15) is 18.0 Å². The summed E-state index contributed by atoms with van der Waals surface area (Å²) in [6.07, 6.45) is -4.01. The van der Waals surface area contributed by atoms with E-state index >= 15 is 0 Å². The molecule has 2 heterocycles. The molecule has 0 N–H and O–H groups in total. The van der Waals surface area contributed by atoms with Gasteiger partial charge in [-0.15, -0.1) is 0 Å². The number of aryl methyl sites for hydroxylation is 1. The van der Waals surface area contributed by atoms with Gasteiger partial charge in [0.1, 0.15) is 5.75 Å². The third-order valence-electron chi connectivity index (χ3n) is 4.17. The minimum atomic E-state index is -4.77. The molecule has 1 atom stereocenters. The van der Waals surface area contributed by atoms with E-state index in [0.29, 0.717) is 17.0 Å². The standard InChI is InChI=1S/C20H17ClF3NO3/c1-3-27-19(26)15-7-13-8-16(21)12(6-14-5-4-11(2)10-25-14)9-17(13)28-18(15)20(22,23)24/h4-5,7-10,18H,3,6H2,1-2H3. The zero-order chi connectivity index (χ0) is 20.5. The summed E-state index contributed by atoms with van der Waals surface area (Å²) >= 11 is 6.31. The number of ether oxygens (including phenoxy) is 2. The highest BCUT2D eigenvalue weighted by Gasteiger charge is 2.48. The van der Waals surface area contributed by atoms with Gasteiger partial charge in [0.25, 0.3) is 0 Å². The molecule has 28 heavy (non-hydrogen) atoms. The summed E-state index contributed by atoms with van der Waals surface area (Å²) in [6, 6.07) is 6.64. The molecule has 0 fully saturated rings. The number of rotatable bonds is 4. The number of benzene rings is 1. The van der Waals surface area contributed by atoms with Crippen molar-refractivity contribution >= 4 is 23.6 Å². The molecular formula is C20H17ClF3NO3. The molecule has 2 aromatic rings. The minimum absolute atomic E-state index is 0.00175. The Labute approximate surface area is 164 Å². The maximum Gasteiger partial charge on any atom is 0.430 e. The number of hydrogen-bond donors (Lipinski definition) is 0. The number of fused-ring (bicyclic) bond motifs is 1. The second-order valence-electron chi connectivity index (χ2n) is 6.34. The number of carbonyl (C=O) groups excluding carboxylic acids is 1. The molecule has 0 radical (unpaired) electrons. The summed E-state index contributed by atoms with van der Waals surface area (Å²) in [6.45, 7) is 3.37. The summed E-state index contributed by atoms with van der Waals surface area (Å²) in [5.74, 6) is -1.07. The minimum Gasteiger partial charge on any atom is -0.475 e. The SMILES string of the molecule is CCOC(=O)C1=Cc2cc(Cl)c(Cc3ccc(C)cn3)cc2OC1C(F)(F)F. The summed E-state index contributed by atoms with van der Waals surface area (Å²) in [5.41, 5.74) is 1.97. The van der Waals surface area contributed by atoms with Crippen LogP contribution in [0.5, 0.6) is 5.75 Å². The fraction of sp³-hybridized carbons (Fsp3) is 0.300. The molecule has 0 aliphatic carbocycles. The van der Waals surface area contributed by atoms with Gasteiger partial charge in [0.05, 0.1) is 12.2 Å². The van der Waals surface area contributed by atoms with Crippen molar-refractivity contribution in [2.75, 3.05) is 6.61 Å². The van der Waals surface area contributed by atoms with Crippen LogP contribution in [-0.2, 0) is 16.0 Å². The molecule has 0 amide bonds. The molecule has 0 spiro atoms. The zero-order valence-corrected chi connectivity index (χ0v) is 15.9. The predicted octanol–water partition coefficient (Wildman–Crippen LogP) is 4.90. The number of hydrogen-bond acceptors (Lipinski definition) is 4. The van der Waals surface area contributed by atoms with Crippen LogP contribution in [0.3, 0.4) is 0 Å². The van der Waals surface area contributed by atoms with Crippen molar-refractivity contribution in [1.82, 2.24) is 4.98 Å². The summed E-state index contributed by atoms with van der Waals surface area (Å²) in [4.78, 5) is 16.3. The topological polar surface area (TPSA) is 48.4 Å². The Kier molecular flexibility index (Phi) is 5.65. The van der Waals surface area contributed by atoms with E-state index in [4.69, 9.17) is 21.1 Å². The number of pyridine rings is 1. The van der Waals surface area contributed by atoms with Crippen LogP contribution in [0.1, 0.15) is 29.3 Å². The number of esters is 1. The lowest BCUT2D eigenvalue weighted by molar-refractivity contribution is -0.187. The molecule has 0 saturated carbocycles. The van der Waals surface area contributed by atoms with Crippen LogP contribution in [0.25, 0.3) is 6.08 Å². The maximum atomic E-state index is 13.4. The largest absolute Gasteiger partial charge is 0.475 e. The smallest absolute Gasteiger partial charge is 0.430 e. The van der Waals surface area contributed by atoms with Gasteiger partial charge in [-0.05, 0) is 49.2 Å². The van der Waals surface area contributed by atoms with E-state index in [1.165, 1.54) is 19.1 Å². The van der Waals surface area contributed by atoms with Gasteiger partial charge in [-0.25, -0.2) is 4.79 Å². The number of halogens is 4. The molecule has 1 aliphatic rings. The lowest BCUT2D eigenvalue weighted by Crippen LogP contribution is -2.40. The van der Waals surface area contributed by atoms with Gasteiger partial charge in [-0.3, -0.25) is 4.98 Å². The van der Waals surface area contributed by atoms with Gasteiger partial charge >= 0.3 is 12.1 Å². The second-order valence-corrected chi connectivity index (χ2v) is 6.75. The van der Waals surface area contributed by atoms with Crippen LogP contribution in [-0.4, -0.2) is 29.8 Å². The molecular weight excluding hydrogens is 395 g/mol. The molecule has 4 nitrogen and oxygen atoms in total. The van der Waals surface area contributed by atoms with E-state index in [2.05, 4.69) is 4.98 Å². The van der Waals surface area contributed by atoms with Crippen molar-refractivity contribution in [3.63, 3.8) is 0 Å². The Morgan fingerprint density at radius 2 is 2.07 bits per heavy atom. The summed E-state index contributed by atoms with van der Waals surface area (Å²) < 4.78 is 50.2. The van der Waals surface area contributed by atoms with Crippen molar-refractivity contribution < 1.29 is 27.4 Å². The third-order valence-corrected chi connectivity index (χ3v) is 4.52.